The molecule has 7 nitrogen and oxygen atoms in total. The van der Waals surface area contributed by atoms with E-state index in [1.54, 1.807) is 10.3 Å². The van der Waals surface area contributed by atoms with E-state index in [4.69, 9.17) is 4.74 Å². The van der Waals surface area contributed by atoms with Crippen LogP contribution >= 0.6 is 11.3 Å². The van der Waals surface area contributed by atoms with Gasteiger partial charge in [-0.05, 0) is 50.3 Å². The third-order valence-corrected chi connectivity index (χ3v) is 7.72. The molecule has 2 N–H and O–H groups in total. The number of hydrogen-bond acceptors (Lipinski definition) is 5. The van der Waals surface area contributed by atoms with Crippen LogP contribution in [0, 0.1) is 0 Å². The number of ether oxygens (including phenoxy) is 1. The van der Waals surface area contributed by atoms with Gasteiger partial charge >= 0.3 is 18.2 Å². The summed E-state index contributed by atoms with van der Waals surface area (Å²) in [6, 6.07) is 3.51. The van der Waals surface area contributed by atoms with E-state index in [-0.39, 0.29) is 17.7 Å². The standard InChI is InChI=1S/C25H31F3N4O3S/c1-2-3-14-35-24(34)32-12-8-17(9-13-32)23-30-20(16-36-23)22(33)29-19-15-18(25(26,27)28)6-7-21(19)31-10-4-5-11-31/h6-7,15-17H,2-5,8-14H2,1H3,(H,29,33)/p+1. The molecule has 2 fully saturated rings. The van der Waals surface area contributed by atoms with Crippen LogP contribution < -0.4 is 15.2 Å². The number of carbonyl (C=O) groups excluding carboxylic acids is 2. The molecule has 0 bridgehead atoms. The Morgan fingerprint density at radius 1 is 1.17 bits per heavy atom. The zero-order valence-electron chi connectivity index (χ0n) is 20.3. The Hall–Kier alpha value is -2.82. The van der Waals surface area contributed by atoms with Crippen molar-refractivity contribution >= 4 is 34.7 Å². The van der Waals surface area contributed by atoms with Gasteiger partial charge in [0.2, 0.25) is 5.01 Å². The zero-order valence-corrected chi connectivity index (χ0v) is 21.1. The molecule has 1 aromatic heterocycles. The molecular weight excluding hydrogens is 493 g/mol. The number of hydrogen-bond donors (Lipinski definition) is 1. The number of benzene rings is 1. The number of nitrogens with one attached hydrogen (secondary N) is 2. The fraction of sp³-hybridized carbons (Fsp3) is 0.560. The lowest BCUT2D eigenvalue weighted by Gasteiger charge is -2.29. The Morgan fingerprint density at radius 2 is 1.89 bits per heavy atom. The van der Waals surface area contributed by atoms with Gasteiger partial charge in [-0.25, -0.2) is 4.79 Å². The third kappa shape index (κ3) is 6.29. The van der Waals surface area contributed by atoms with Gasteiger partial charge in [0.1, 0.15) is 0 Å². The summed E-state index contributed by atoms with van der Waals surface area (Å²) >= 11 is 1.42. The molecule has 0 aliphatic carbocycles. The van der Waals surface area contributed by atoms with Gasteiger partial charge in [0.15, 0.2) is 0 Å². The molecule has 2 saturated heterocycles. The number of anilines is 2. The van der Waals surface area contributed by atoms with Gasteiger partial charge in [-0.2, -0.15) is 18.2 Å². The van der Waals surface area contributed by atoms with E-state index in [0.29, 0.717) is 31.1 Å². The van der Waals surface area contributed by atoms with Crippen molar-refractivity contribution in [1.82, 2.24) is 4.90 Å². The van der Waals surface area contributed by atoms with Gasteiger partial charge in [-0.15, -0.1) is 0 Å². The van der Waals surface area contributed by atoms with Crippen molar-refractivity contribution in [2.45, 2.75) is 57.5 Å². The van der Waals surface area contributed by atoms with Crippen LogP contribution in [0.5, 0.6) is 0 Å². The molecule has 1 aromatic carbocycles. The van der Waals surface area contributed by atoms with Crippen LogP contribution in [0.4, 0.5) is 29.3 Å². The predicted octanol–water partition coefficient (Wildman–Crippen LogP) is 5.55. The summed E-state index contributed by atoms with van der Waals surface area (Å²) in [5.41, 5.74) is 0.271. The van der Waals surface area contributed by atoms with E-state index in [1.165, 1.54) is 17.4 Å². The van der Waals surface area contributed by atoms with E-state index in [0.717, 1.165) is 68.8 Å². The molecule has 0 saturated carbocycles. The molecular formula is C25H32F3N4O3S+. The second-order valence-corrected chi connectivity index (χ2v) is 10.2. The van der Waals surface area contributed by atoms with Crippen molar-refractivity contribution in [2.75, 3.05) is 43.0 Å². The molecule has 0 radical (unpaired) electrons. The molecule has 4 rings (SSSR count). The van der Waals surface area contributed by atoms with E-state index in [2.05, 4.69) is 10.3 Å². The Kier molecular flexibility index (Phi) is 8.38. The Labute approximate surface area is 212 Å². The van der Waals surface area contributed by atoms with E-state index < -0.39 is 17.6 Å². The van der Waals surface area contributed by atoms with Crippen LogP contribution in [-0.2, 0) is 10.9 Å². The lowest BCUT2D eigenvalue weighted by atomic mass is 9.98. The van der Waals surface area contributed by atoms with Crippen LogP contribution in [0.25, 0.3) is 0 Å². The maximum atomic E-state index is 13.3. The molecule has 0 atom stereocenters. The van der Waals surface area contributed by atoms with Crippen LogP contribution in [0.3, 0.4) is 0 Å². The molecule has 0 spiro atoms. The minimum absolute atomic E-state index is 0.160. The Balaban J connectivity index is 1.41. The van der Waals surface area contributed by atoms with Gasteiger partial charge in [-0.3, -0.25) is 4.79 Å². The highest BCUT2D eigenvalue weighted by Gasteiger charge is 2.33. The minimum atomic E-state index is -4.50. The fourth-order valence-corrected chi connectivity index (χ4v) is 5.59. The number of thiazole rings is 1. The molecule has 3 heterocycles. The van der Waals surface area contributed by atoms with Crippen LogP contribution in [0.1, 0.15) is 72.4 Å². The molecule has 196 valence electrons. The highest BCUT2D eigenvalue weighted by molar-refractivity contribution is 7.09. The number of rotatable bonds is 7. The first kappa shape index (κ1) is 26.2. The SMILES string of the molecule is CCCCOC(=O)N1CCC(c2[nH+]c(C(=O)Nc3cc(C(F)(F)F)ccc3N3CCCC3)cs2)CC1. The summed E-state index contributed by atoms with van der Waals surface area (Å²) in [7, 11) is 0. The maximum Gasteiger partial charge on any atom is 0.416 e. The summed E-state index contributed by atoms with van der Waals surface area (Å²) < 4.78 is 45.3. The second kappa shape index (κ2) is 11.5. The van der Waals surface area contributed by atoms with Crippen LogP contribution in [0.2, 0.25) is 0 Å². The van der Waals surface area contributed by atoms with E-state index >= 15 is 0 Å². The van der Waals surface area contributed by atoms with Crippen LogP contribution in [0.15, 0.2) is 23.6 Å². The summed E-state index contributed by atoms with van der Waals surface area (Å²) in [5, 5.41) is 5.32. The van der Waals surface area contributed by atoms with Gasteiger partial charge in [0.05, 0.1) is 34.8 Å². The largest absolute Gasteiger partial charge is 0.449 e. The van der Waals surface area contributed by atoms with Gasteiger partial charge in [0, 0.05) is 26.2 Å². The topological polar surface area (TPSA) is 76.0 Å². The number of halogens is 3. The minimum Gasteiger partial charge on any atom is -0.449 e. The lowest BCUT2D eigenvalue weighted by Crippen LogP contribution is -2.39. The predicted molar refractivity (Wildman–Crippen MR) is 132 cm³/mol. The Morgan fingerprint density at radius 3 is 2.56 bits per heavy atom. The molecule has 2 amide bonds. The van der Waals surface area contributed by atoms with E-state index in [1.807, 2.05) is 11.8 Å². The van der Waals surface area contributed by atoms with Crippen molar-refractivity contribution < 1.29 is 32.5 Å². The number of piperidine rings is 1. The molecule has 2 aromatic rings. The number of alkyl halides is 3. The van der Waals surface area contributed by atoms with Crippen molar-refractivity contribution in [3.05, 3.63) is 39.8 Å². The summed E-state index contributed by atoms with van der Waals surface area (Å²) in [6.07, 6.45) is 0.441. The van der Waals surface area contributed by atoms with Gasteiger partial charge < -0.3 is 19.9 Å². The molecule has 2 aliphatic rings. The van der Waals surface area contributed by atoms with Crippen LogP contribution in [-0.4, -0.2) is 49.7 Å². The smallest absolute Gasteiger partial charge is 0.416 e. The van der Waals surface area contributed by atoms with E-state index in [9.17, 15) is 22.8 Å². The highest BCUT2D eigenvalue weighted by Crippen LogP contribution is 2.37. The molecule has 36 heavy (non-hydrogen) atoms. The first-order chi connectivity index (χ1) is 17.3. The number of carbonyl (C=O) groups is 2. The molecule has 0 unspecified atom stereocenters. The summed E-state index contributed by atoms with van der Waals surface area (Å²) in [4.78, 5) is 32.0. The third-order valence-electron chi connectivity index (χ3n) is 6.67. The number of nitrogens with zero attached hydrogens (tertiary/aromatic N) is 2. The second-order valence-electron chi connectivity index (χ2n) is 9.25. The summed E-state index contributed by atoms with van der Waals surface area (Å²) in [5.74, 6) is -0.306. The average Bonchev–Trinajstić information content (AvgIpc) is 3.56. The van der Waals surface area contributed by atoms with Gasteiger partial charge in [0.25, 0.3) is 5.69 Å². The molecule has 2 aliphatic heterocycles. The van der Waals surface area contributed by atoms with Crippen molar-refractivity contribution in [3.63, 3.8) is 0 Å². The number of aromatic nitrogens is 1. The number of likely N-dealkylation sites (tertiary alicyclic amines) is 1. The quantitative estimate of drug-likeness (QED) is 0.481. The first-order valence-electron chi connectivity index (χ1n) is 12.5. The normalized spacial score (nSPS) is 16.9. The van der Waals surface area contributed by atoms with Gasteiger partial charge in [-0.1, -0.05) is 24.7 Å². The number of H-pyrrole nitrogens is 1. The average molecular weight is 526 g/mol. The maximum absolute atomic E-state index is 13.3. The zero-order chi connectivity index (χ0) is 25.7. The Bertz CT molecular complexity index is 1060. The number of unbranched alkanes of at least 4 members (excludes halogenated alkanes) is 1. The number of amides is 2. The fourth-order valence-electron chi connectivity index (χ4n) is 4.58. The van der Waals surface area contributed by atoms with Crippen molar-refractivity contribution in [3.8, 4) is 0 Å². The summed E-state index contributed by atoms with van der Waals surface area (Å²) in [6.45, 7) is 5.11. The van der Waals surface area contributed by atoms with Crippen molar-refractivity contribution in [2.24, 2.45) is 0 Å². The first-order valence-corrected chi connectivity index (χ1v) is 13.3. The highest BCUT2D eigenvalue weighted by atomic mass is 32.1. The van der Waals surface area contributed by atoms with Crippen molar-refractivity contribution in [1.29, 1.82) is 0 Å². The molecule has 11 heteroatoms. The monoisotopic (exact) mass is 525 g/mol. The number of aromatic amines is 1. The lowest BCUT2D eigenvalue weighted by molar-refractivity contribution is -0.389.